The predicted octanol–water partition coefficient (Wildman–Crippen LogP) is 0.532. The van der Waals surface area contributed by atoms with E-state index in [1.54, 1.807) is 0 Å². The summed E-state index contributed by atoms with van der Waals surface area (Å²) in [7, 11) is 0. The molecule has 0 aliphatic carbocycles. The van der Waals surface area contributed by atoms with Crippen LogP contribution < -0.4 is 29.6 Å². The summed E-state index contributed by atoms with van der Waals surface area (Å²) < 4.78 is 5.20. The molecular formula is C15H31NaO4. The maximum absolute atomic E-state index is 8.50. The number of ether oxygens (including phenoxy) is 1. The quantitative estimate of drug-likeness (QED) is 0.296. The Labute approximate surface area is 146 Å². The van der Waals surface area contributed by atoms with Crippen LogP contribution in [0.2, 0.25) is 0 Å². The molecule has 0 amide bonds. The van der Waals surface area contributed by atoms with E-state index in [1.165, 1.54) is 57.8 Å². The van der Waals surface area contributed by atoms with E-state index in [0.717, 1.165) is 13.0 Å². The second kappa shape index (κ2) is 27.7. The largest absolute Gasteiger partial charge is 1.00 e. The smallest absolute Gasteiger partial charge is 0.665 e. The second-order valence-corrected chi connectivity index (χ2v) is 4.61. The van der Waals surface area contributed by atoms with Crippen molar-refractivity contribution in [2.24, 2.45) is 0 Å². The first kappa shape index (κ1) is 25.3. The van der Waals surface area contributed by atoms with Crippen molar-refractivity contribution in [2.75, 3.05) is 19.8 Å². The van der Waals surface area contributed by atoms with Crippen molar-refractivity contribution in [1.29, 1.82) is 0 Å². The number of rotatable bonds is 13. The van der Waals surface area contributed by atoms with Gasteiger partial charge < -0.3 is 19.7 Å². The average Bonchev–Trinajstić information content (AvgIpc) is 2.41. The van der Waals surface area contributed by atoms with Crippen LogP contribution in [0.1, 0.15) is 71.1 Å². The zero-order valence-corrected chi connectivity index (χ0v) is 15.4. The number of unbranched alkanes of at least 4 members (excludes halogenated alkanes) is 9. The fraction of sp³-hybridized carbons (Fsp3) is 0.933. The molecule has 0 aromatic rings. The molecule has 116 valence electrons. The van der Waals surface area contributed by atoms with Gasteiger partial charge in [-0.2, -0.15) is 0 Å². The fourth-order valence-corrected chi connectivity index (χ4v) is 1.86. The third kappa shape index (κ3) is 31.0. The van der Waals surface area contributed by atoms with E-state index in [9.17, 15) is 0 Å². The van der Waals surface area contributed by atoms with Crippen molar-refractivity contribution < 1.29 is 49.3 Å². The Bertz CT molecular complexity index is 143. The maximum Gasteiger partial charge on any atom is 1.00 e. The summed E-state index contributed by atoms with van der Waals surface area (Å²) in [6.45, 7) is 4.23. The molecule has 0 aromatic carbocycles. The first-order valence-corrected chi connectivity index (χ1v) is 7.53. The van der Waals surface area contributed by atoms with E-state index < -0.39 is 0 Å². The summed E-state index contributed by atoms with van der Waals surface area (Å²) >= 11 is 0. The number of aliphatic hydroxyl groups excluding tert-OH is 2. The van der Waals surface area contributed by atoms with Gasteiger partial charge in [0.05, 0.1) is 13.2 Å². The van der Waals surface area contributed by atoms with Gasteiger partial charge in [0.25, 0.3) is 0 Å². The third-order valence-electron chi connectivity index (χ3n) is 2.88. The Morgan fingerprint density at radius 3 is 1.65 bits per heavy atom. The minimum absolute atomic E-state index is 0. The minimum Gasteiger partial charge on any atom is -0.665 e. The van der Waals surface area contributed by atoms with Crippen molar-refractivity contribution in [3.63, 3.8) is 0 Å². The molecule has 4 nitrogen and oxygen atoms in total. The first-order chi connectivity index (χ1) is 9.33. The van der Waals surface area contributed by atoms with Gasteiger partial charge in [-0.05, 0) is 6.42 Å². The Hall–Kier alpha value is 0.390. The molecule has 0 fully saturated rings. The van der Waals surface area contributed by atoms with Crippen molar-refractivity contribution >= 4 is 6.47 Å². The molecule has 0 unspecified atom stereocenters. The summed E-state index contributed by atoms with van der Waals surface area (Å²) in [5, 5.41) is 15.3. The van der Waals surface area contributed by atoms with E-state index >= 15 is 0 Å². The van der Waals surface area contributed by atoms with Crippen molar-refractivity contribution in [3.8, 4) is 0 Å². The van der Waals surface area contributed by atoms with Crippen LogP contribution in [0.5, 0.6) is 0 Å². The molecule has 0 saturated heterocycles. The normalized spacial score (nSPS) is 9.30. The average molecular weight is 298 g/mol. The van der Waals surface area contributed by atoms with Crippen LogP contribution in [0, 0.1) is 0 Å². The van der Waals surface area contributed by atoms with Gasteiger partial charge in [0.1, 0.15) is 0 Å². The monoisotopic (exact) mass is 298 g/mol. The van der Waals surface area contributed by atoms with Gasteiger partial charge >= 0.3 is 29.6 Å². The van der Waals surface area contributed by atoms with E-state index in [1.807, 2.05) is 0 Å². The SMILES string of the molecule is CCCCCCCCCCCCOCCO.O=[C-]O.[Na+]. The van der Waals surface area contributed by atoms with Gasteiger partial charge in [-0.1, -0.05) is 71.2 Å². The molecule has 0 aliphatic heterocycles. The molecule has 0 saturated carbocycles. The summed E-state index contributed by atoms with van der Waals surface area (Å²) in [4.78, 5) is 8.24. The standard InChI is InChI=1S/C14H30O2.CHO2.Na/c1-2-3-4-5-6-7-8-9-10-11-13-16-14-12-15;2-1-3;/h15H,2-14H2,1H3;(H,2,3);/q;-1;+1. The number of hydrogen-bond donors (Lipinski definition) is 2. The summed E-state index contributed by atoms with van der Waals surface area (Å²) in [5.74, 6) is 0. The Kier molecular flexibility index (Phi) is 35.1. The van der Waals surface area contributed by atoms with E-state index in [0.29, 0.717) is 13.1 Å². The molecule has 0 rings (SSSR count). The predicted molar refractivity (Wildman–Crippen MR) is 78.1 cm³/mol. The fourth-order valence-electron chi connectivity index (χ4n) is 1.86. The molecule has 0 radical (unpaired) electrons. The van der Waals surface area contributed by atoms with Crippen LogP contribution in [0.3, 0.4) is 0 Å². The zero-order valence-electron chi connectivity index (χ0n) is 13.4. The molecule has 0 heterocycles. The van der Waals surface area contributed by atoms with Gasteiger partial charge in [0, 0.05) is 6.61 Å². The summed E-state index contributed by atoms with van der Waals surface area (Å²) in [6.07, 6.45) is 13.6. The van der Waals surface area contributed by atoms with Crippen LogP contribution in [0.4, 0.5) is 0 Å². The summed E-state index contributed by atoms with van der Waals surface area (Å²) in [6, 6.07) is 0. The van der Waals surface area contributed by atoms with Crippen LogP contribution in [-0.4, -0.2) is 36.5 Å². The van der Waals surface area contributed by atoms with E-state index in [2.05, 4.69) is 6.92 Å². The van der Waals surface area contributed by atoms with Gasteiger partial charge in [0.15, 0.2) is 0 Å². The van der Waals surface area contributed by atoms with Crippen LogP contribution in [0.15, 0.2) is 0 Å². The zero-order chi connectivity index (χ0) is 14.6. The van der Waals surface area contributed by atoms with Gasteiger partial charge in [0.2, 0.25) is 0 Å². The second-order valence-electron chi connectivity index (χ2n) is 4.61. The topological polar surface area (TPSA) is 66.8 Å². The molecular weight excluding hydrogens is 267 g/mol. The summed E-state index contributed by atoms with van der Waals surface area (Å²) in [5.41, 5.74) is 0. The van der Waals surface area contributed by atoms with E-state index in [-0.39, 0.29) is 36.2 Å². The molecule has 0 bridgehead atoms. The van der Waals surface area contributed by atoms with Crippen LogP contribution in [-0.2, 0) is 9.53 Å². The minimum atomic E-state index is 0. The molecule has 0 aliphatic rings. The molecule has 0 atom stereocenters. The molecule has 5 heteroatoms. The van der Waals surface area contributed by atoms with Crippen LogP contribution >= 0.6 is 0 Å². The Morgan fingerprint density at radius 1 is 0.850 bits per heavy atom. The third-order valence-corrected chi connectivity index (χ3v) is 2.88. The molecule has 2 N–H and O–H groups in total. The van der Waals surface area contributed by atoms with Gasteiger partial charge in [-0.25, -0.2) is 0 Å². The molecule has 0 aromatic heterocycles. The van der Waals surface area contributed by atoms with Crippen molar-refractivity contribution in [1.82, 2.24) is 0 Å². The Balaban J connectivity index is -0.000000657. The van der Waals surface area contributed by atoms with Crippen molar-refractivity contribution in [3.05, 3.63) is 0 Å². The first-order valence-electron chi connectivity index (χ1n) is 7.53. The van der Waals surface area contributed by atoms with Gasteiger partial charge in [-0.3, -0.25) is 0 Å². The Morgan fingerprint density at radius 2 is 1.25 bits per heavy atom. The number of hydrogen-bond acceptors (Lipinski definition) is 3. The van der Waals surface area contributed by atoms with Gasteiger partial charge in [-0.15, -0.1) is 0 Å². The van der Waals surface area contributed by atoms with E-state index in [4.69, 9.17) is 19.7 Å². The molecule has 0 spiro atoms. The molecule has 20 heavy (non-hydrogen) atoms. The van der Waals surface area contributed by atoms with Crippen LogP contribution in [0.25, 0.3) is 0 Å². The maximum atomic E-state index is 8.50. The number of aliphatic hydroxyl groups is 1. The van der Waals surface area contributed by atoms with Crippen molar-refractivity contribution in [2.45, 2.75) is 71.1 Å².